The molecular weight excluding hydrogens is 358 g/mol. The molecule has 0 aliphatic carbocycles. The summed E-state index contributed by atoms with van der Waals surface area (Å²) in [6, 6.07) is 11.9. The van der Waals surface area contributed by atoms with Gasteiger partial charge >= 0.3 is 0 Å². The number of anilines is 2. The number of pyridine rings is 1. The molecule has 28 heavy (non-hydrogen) atoms. The van der Waals surface area contributed by atoms with E-state index in [2.05, 4.69) is 27.5 Å². The van der Waals surface area contributed by atoms with Crippen molar-refractivity contribution in [2.45, 2.75) is 6.92 Å². The van der Waals surface area contributed by atoms with Gasteiger partial charge in [-0.25, -0.2) is 4.98 Å². The first-order valence-electron chi connectivity index (χ1n) is 8.55. The number of rotatable bonds is 6. The fourth-order valence-electron chi connectivity index (χ4n) is 2.64. The lowest BCUT2D eigenvalue weighted by molar-refractivity contribution is -0.114. The number of nitrogens with one attached hydrogen (secondary N) is 3. The molecule has 0 spiro atoms. The molecule has 3 amide bonds. The largest absolute Gasteiger partial charge is 0.347 e. The molecule has 0 saturated heterocycles. The monoisotopic (exact) mass is 377 g/mol. The van der Waals surface area contributed by atoms with Gasteiger partial charge in [0.25, 0.3) is 11.8 Å². The molecule has 0 aliphatic rings. The van der Waals surface area contributed by atoms with E-state index in [9.17, 15) is 14.4 Å². The van der Waals surface area contributed by atoms with Crippen LogP contribution in [0.25, 0.3) is 5.52 Å². The van der Waals surface area contributed by atoms with Crippen LogP contribution in [0.15, 0.2) is 61.3 Å². The lowest BCUT2D eigenvalue weighted by Crippen LogP contribution is -2.24. The first kappa shape index (κ1) is 18.8. The van der Waals surface area contributed by atoms with Crippen molar-refractivity contribution in [3.8, 4) is 0 Å². The zero-order chi connectivity index (χ0) is 20.1. The number of aromatic nitrogens is 2. The van der Waals surface area contributed by atoms with Crippen LogP contribution in [0.1, 0.15) is 28.0 Å². The van der Waals surface area contributed by atoms with Crippen molar-refractivity contribution < 1.29 is 14.4 Å². The number of fused-ring (bicyclic) bond motifs is 1. The molecule has 3 aromatic rings. The molecule has 1 aromatic carbocycles. The second-order valence-corrected chi connectivity index (χ2v) is 5.95. The maximum atomic E-state index is 12.7. The van der Waals surface area contributed by atoms with E-state index < -0.39 is 5.91 Å². The molecule has 2 heterocycles. The first-order chi connectivity index (χ1) is 13.5. The fourth-order valence-corrected chi connectivity index (χ4v) is 2.64. The van der Waals surface area contributed by atoms with E-state index in [1.165, 1.54) is 6.92 Å². The van der Waals surface area contributed by atoms with Gasteiger partial charge < -0.3 is 16.0 Å². The van der Waals surface area contributed by atoms with Gasteiger partial charge in [0.15, 0.2) is 5.69 Å². The summed E-state index contributed by atoms with van der Waals surface area (Å²) in [6.07, 6.45) is 3.23. The van der Waals surface area contributed by atoms with Crippen molar-refractivity contribution in [1.29, 1.82) is 0 Å². The van der Waals surface area contributed by atoms with Crippen LogP contribution in [0.2, 0.25) is 0 Å². The summed E-state index contributed by atoms with van der Waals surface area (Å²) < 4.78 is 1.56. The van der Waals surface area contributed by atoms with E-state index in [4.69, 9.17) is 0 Å². The molecule has 8 heteroatoms. The van der Waals surface area contributed by atoms with Crippen molar-refractivity contribution >= 4 is 34.6 Å². The van der Waals surface area contributed by atoms with Crippen LogP contribution in [0.5, 0.6) is 0 Å². The highest BCUT2D eigenvalue weighted by Gasteiger charge is 2.21. The highest BCUT2D eigenvalue weighted by atomic mass is 16.2. The summed E-state index contributed by atoms with van der Waals surface area (Å²) in [4.78, 5) is 40.4. The number of amides is 3. The van der Waals surface area contributed by atoms with Gasteiger partial charge in [-0.05, 0) is 36.4 Å². The van der Waals surface area contributed by atoms with Crippen LogP contribution < -0.4 is 16.0 Å². The quantitative estimate of drug-likeness (QED) is 0.574. The Balaban J connectivity index is 1.86. The molecule has 0 aliphatic heterocycles. The third kappa shape index (κ3) is 4.07. The van der Waals surface area contributed by atoms with Crippen molar-refractivity contribution in [3.63, 3.8) is 0 Å². The third-order valence-corrected chi connectivity index (χ3v) is 3.84. The Kier molecular flexibility index (Phi) is 5.50. The van der Waals surface area contributed by atoms with Gasteiger partial charge in [-0.3, -0.25) is 18.8 Å². The van der Waals surface area contributed by atoms with Crippen molar-refractivity contribution in [3.05, 3.63) is 72.8 Å². The van der Waals surface area contributed by atoms with Gasteiger partial charge in [-0.2, -0.15) is 0 Å². The Morgan fingerprint density at radius 2 is 1.71 bits per heavy atom. The fraction of sp³-hybridized carbons (Fsp3) is 0.100. The number of carbonyl (C=O) groups excluding carboxylic acids is 3. The first-order valence-corrected chi connectivity index (χ1v) is 8.55. The summed E-state index contributed by atoms with van der Waals surface area (Å²) in [5.41, 5.74) is 1.84. The molecule has 3 N–H and O–H groups in total. The van der Waals surface area contributed by atoms with Crippen LogP contribution in [-0.2, 0) is 4.79 Å². The normalized spacial score (nSPS) is 10.3. The zero-order valence-corrected chi connectivity index (χ0v) is 15.2. The summed E-state index contributed by atoms with van der Waals surface area (Å²) in [5, 5.41) is 8.06. The van der Waals surface area contributed by atoms with Gasteiger partial charge in [-0.15, -0.1) is 6.58 Å². The minimum Gasteiger partial charge on any atom is -0.347 e. The Labute approximate surface area is 161 Å². The molecule has 142 valence electrons. The number of benzene rings is 1. The maximum Gasteiger partial charge on any atom is 0.292 e. The summed E-state index contributed by atoms with van der Waals surface area (Å²) in [7, 11) is 0. The van der Waals surface area contributed by atoms with Crippen LogP contribution in [0, 0.1) is 0 Å². The predicted octanol–water partition coefficient (Wildman–Crippen LogP) is 2.46. The van der Waals surface area contributed by atoms with Crippen molar-refractivity contribution in [2.75, 3.05) is 17.2 Å². The van der Waals surface area contributed by atoms with Gasteiger partial charge in [-0.1, -0.05) is 12.1 Å². The smallest absolute Gasteiger partial charge is 0.292 e. The average molecular weight is 377 g/mol. The molecule has 0 saturated carbocycles. The molecule has 0 bridgehead atoms. The van der Waals surface area contributed by atoms with Crippen LogP contribution in [0.3, 0.4) is 0 Å². The van der Waals surface area contributed by atoms with E-state index in [1.807, 2.05) is 0 Å². The highest BCUT2D eigenvalue weighted by molar-refractivity contribution is 6.06. The maximum absolute atomic E-state index is 12.7. The lowest BCUT2D eigenvalue weighted by Gasteiger charge is -2.06. The molecule has 0 radical (unpaired) electrons. The Morgan fingerprint density at radius 3 is 2.36 bits per heavy atom. The number of hydrogen-bond acceptors (Lipinski definition) is 4. The van der Waals surface area contributed by atoms with Crippen LogP contribution in [-0.4, -0.2) is 33.7 Å². The lowest BCUT2D eigenvalue weighted by atomic mass is 10.2. The molecule has 3 rings (SSSR count). The minimum absolute atomic E-state index is 0.0882. The van der Waals surface area contributed by atoms with Gasteiger partial charge in [0.05, 0.1) is 5.52 Å². The van der Waals surface area contributed by atoms with Crippen molar-refractivity contribution in [1.82, 2.24) is 14.7 Å². The molecule has 2 aromatic heterocycles. The van der Waals surface area contributed by atoms with E-state index in [1.54, 1.807) is 59.1 Å². The molecule has 0 fully saturated rings. The highest BCUT2D eigenvalue weighted by Crippen LogP contribution is 2.17. The molecule has 8 nitrogen and oxygen atoms in total. The number of carbonyl (C=O) groups is 3. The van der Waals surface area contributed by atoms with Crippen LogP contribution in [0.4, 0.5) is 11.4 Å². The molecule has 0 atom stereocenters. The second-order valence-electron chi connectivity index (χ2n) is 5.95. The van der Waals surface area contributed by atoms with Gasteiger partial charge in [0.1, 0.15) is 0 Å². The van der Waals surface area contributed by atoms with E-state index in [0.29, 0.717) is 23.4 Å². The van der Waals surface area contributed by atoms with E-state index in [0.717, 1.165) is 0 Å². The number of hydrogen-bond donors (Lipinski definition) is 3. The van der Waals surface area contributed by atoms with Crippen molar-refractivity contribution in [2.24, 2.45) is 0 Å². The minimum atomic E-state index is -0.462. The Hall–Kier alpha value is -3.94. The van der Waals surface area contributed by atoms with Gasteiger partial charge in [0.2, 0.25) is 11.7 Å². The molecule has 0 unspecified atom stereocenters. The standard InChI is InChI=1S/C20H19N5O3/c1-3-11-21-19(27)17-16-6-4-5-12-25(16)18(24-17)20(28)23-15-9-7-14(8-10-15)22-13(2)26/h3-10,12H,1,11H2,2H3,(H,21,27)(H,22,26)(H,23,28). The third-order valence-electron chi connectivity index (χ3n) is 3.84. The predicted molar refractivity (Wildman–Crippen MR) is 106 cm³/mol. The molecular formula is C20H19N5O3. The Bertz CT molecular complexity index is 1050. The summed E-state index contributed by atoms with van der Waals surface area (Å²) >= 11 is 0. The number of nitrogens with zero attached hydrogens (tertiary/aromatic N) is 2. The second kappa shape index (κ2) is 8.17. The van der Waals surface area contributed by atoms with Gasteiger partial charge in [0, 0.05) is 31.0 Å². The zero-order valence-electron chi connectivity index (χ0n) is 15.2. The number of imidazole rings is 1. The SMILES string of the molecule is C=CCNC(=O)c1nc(C(=O)Nc2ccc(NC(C)=O)cc2)n2ccccc12. The topological polar surface area (TPSA) is 105 Å². The summed E-state index contributed by atoms with van der Waals surface area (Å²) in [6.45, 7) is 5.28. The average Bonchev–Trinajstić information content (AvgIpc) is 3.07. The van der Waals surface area contributed by atoms with E-state index >= 15 is 0 Å². The summed E-state index contributed by atoms with van der Waals surface area (Å²) in [5.74, 6) is -0.938. The van der Waals surface area contributed by atoms with Crippen LogP contribution >= 0.6 is 0 Å². The Morgan fingerprint density at radius 1 is 1.04 bits per heavy atom. The van der Waals surface area contributed by atoms with E-state index in [-0.39, 0.29) is 23.3 Å².